The molecule has 1 aromatic heterocycles. The van der Waals surface area contributed by atoms with Crippen molar-refractivity contribution in [1.82, 2.24) is 9.88 Å². The number of hydrogen-bond acceptors (Lipinski definition) is 4. The molecule has 0 spiro atoms. The summed E-state index contributed by atoms with van der Waals surface area (Å²) in [7, 11) is 0. The topological polar surface area (TPSA) is 25.4 Å². The van der Waals surface area contributed by atoms with Crippen molar-refractivity contribution in [2.75, 3.05) is 26.2 Å². The van der Waals surface area contributed by atoms with E-state index in [2.05, 4.69) is 66.2 Å². The van der Waals surface area contributed by atoms with Crippen molar-refractivity contribution in [2.24, 2.45) is 0 Å². The minimum absolute atomic E-state index is 0.769. The summed E-state index contributed by atoms with van der Waals surface area (Å²) >= 11 is 1.72. The highest BCUT2D eigenvalue weighted by atomic mass is 32.1. The first kappa shape index (κ1) is 20.6. The Morgan fingerprint density at radius 3 is 2.39 bits per heavy atom. The summed E-state index contributed by atoms with van der Waals surface area (Å²) in [5.41, 5.74) is 2.22. The van der Waals surface area contributed by atoms with Gasteiger partial charge in [-0.2, -0.15) is 0 Å². The van der Waals surface area contributed by atoms with Crippen LogP contribution in [-0.4, -0.2) is 36.1 Å². The van der Waals surface area contributed by atoms with Crippen molar-refractivity contribution in [3.8, 4) is 5.75 Å². The largest absolute Gasteiger partial charge is 0.494 e. The van der Waals surface area contributed by atoms with Gasteiger partial charge in [0.25, 0.3) is 0 Å². The van der Waals surface area contributed by atoms with Crippen molar-refractivity contribution in [2.45, 2.75) is 33.1 Å². The number of ether oxygens (including phenoxy) is 1. The number of hydrogen-bond donors (Lipinski definition) is 0. The molecule has 2 aromatic carbocycles. The average molecular weight is 395 g/mol. The molecule has 28 heavy (non-hydrogen) atoms. The number of aromatic nitrogens is 1. The third kappa shape index (κ3) is 6.18. The molecule has 0 aliphatic heterocycles. The molecule has 4 heteroatoms. The SMILES string of the molecule is CCCN(CCC)CCCOc1ccc(/C=C/c2nc3ccccc3s2)cc1. The van der Waals surface area contributed by atoms with E-state index in [-0.39, 0.29) is 0 Å². The molecule has 3 rings (SSSR count). The third-order valence-electron chi connectivity index (χ3n) is 4.58. The second-order valence-corrected chi connectivity index (χ2v) is 8.03. The molecule has 0 amide bonds. The highest BCUT2D eigenvalue weighted by Crippen LogP contribution is 2.23. The molecule has 0 radical (unpaired) electrons. The Bertz CT molecular complexity index is 831. The fourth-order valence-corrected chi connectivity index (χ4v) is 4.12. The van der Waals surface area contributed by atoms with Crippen molar-refractivity contribution >= 4 is 33.7 Å². The number of fused-ring (bicyclic) bond motifs is 1. The number of nitrogens with zero attached hydrogens (tertiary/aromatic N) is 2. The molecule has 0 atom stereocenters. The minimum Gasteiger partial charge on any atom is -0.494 e. The first-order valence-corrected chi connectivity index (χ1v) is 11.1. The monoisotopic (exact) mass is 394 g/mol. The lowest BCUT2D eigenvalue weighted by molar-refractivity contribution is 0.234. The van der Waals surface area contributed by atoms with Crippen LogP contribution in [0.5, 0.6) is 5.75 Å². The van der Waals surface area contributed by atoms with Gasteiger partial charge in [-0.15, -0.1) is 11.3 Å². The Balaban J connectivity index is 1.46. The van der Waals surface area contributed by atoms with E-state index in [1.807, 2.05) is 18.2 Å². The maximum atomic E-state index is 5.91. The zero-order valence-corrected chi connectivity index (χ0v) is 17.8. The lowest BCUT2D eigenvalue weighted by atomic mass is 10.2. The van der Waals surface area contributed by atoms with Crippen LogP contribution >= 0.6 is 11.3 Å². The Labute approximate surface area is 172 Å². The van der Waals surface area contributed by atoms with Gasteiger partial charge in [0.15, 0.2) is 0 Å². The van der Waals surface area contributed by atoms with Crippen molar-refractivity contribution < 1.29 is 4.74 Å². The quantitative estimate of drug-likeness (QED) is 0.354. The lowest BCUT2D eigenvalue weighted by Gasteiger charge is -2.20. The summed E-state index contributed by atoms with van der Waals surface area (Å²) in [4.78, 5) is 7.17. The van der Waals surface area contributed by atoms with E-state index in [1.165, 1.54) is 30.6 Å². The number of para-hydroxylation sites is 1. The van der Waals surface area contributed by atoms with E-state index < -0.39 is 0 Å². The zero-order chi connectivity index (χ0) is 19.6. The second kappa shape index (κ2) is 11.0. The Kier molecular flexibility index (Phi) is 8.07. The molecule has 148 valence electrons. The summed E-state index contributed by atoms with van der Waals surface area (Å²) in [6, 6.07) is 16.5. The van der Waals surface area contributed by atoms with E-state index in [0.29, 0.717) is 0 Å². The van der Waals surface area contributed by atoms with Gasteiger partial charge in [0.05, 0.1) is 16.8 Å². The smallest absolute Gasteiger partial charge is 0.119 e. The first-order chi connectivity index (χ1) is 13.8. The van der Waals surface area contributed by atoms with E-state index >= 15 is 0 Å². The van der Waals surface area contributed by atoms with Crippen LogP contribution in [0.4, 0.5) is 0 Å². The van der Waals surface area contributed by atoms with E-state index in [4.69, 9.17) is 4.74 Å². The summed E-state index contributed by atoms with van der Waals surface area (Å²) in [5.74, 6) is 0.940. The molecule has 0 unspecified atom stereocenters. The van der Waals surface area contributed by atoms with Crippen LogP contribution in [-0.2, 0) is 0 Å². The molecule has 0 bridgehead atoms. The van der Waals surface area contributed by atoms with Gasteiger partial charge >= 0.3 is 0 Å². The number of thiazole rings is 1. The van der Waals surface area contributed by atoms with Gasteiger partial charge in [0.2, 0.25) is 0 Å². The highest BCUT2D eigenvalue weighted by molar-refractivity contribution is 7.19. The van der Waals surface area contributed by atoms with Crippen LogP contribution in [0.1, 0.15) is 43.7 Å². The Hall–Kier alpha value is -2.17. The van der Waals surface area contributed by atoms with Gasteiger partial charge in [-0.05, 0) is 68.3 Å². The highest BCUT2D eigenvalue weighted by Gasteiger charge is 2.03. The predicted molar refractivity (Wildman–Crippen MR) is 122 cm³/mol. The molecule has 3 aromatic rings. The molecule has 0 fully saturated rings. The molecule has 0 aliphatic carbocycles. The van der Waals surface area contributed by atoms with Crippen LogP contribution < -0.4 is 4.74 Å². The number of benzene rings is 2. The summed E-state index contributed by atoms with van der Waals surface area (Å²) in [6.07, 6.45) is 7.68. The fourth-order valence-electron chi connectivity index (χ4n) is 3.25. The summed E-state index contributed by atoms with van der Waals surface area (Å²) in [5, 5.41) is 1.03. The van der Waals surface area contributed by atoms with Gasteiger partial charge in [-0.25, -0.2) is 4.98 Å². The van der Waals surface area contributed by atoms with Crippen molar-refractivity contribution in [1.29, 1.82) is 0 Å². The van der Waals surface area contributed by atoms with Crippen molar-refractivity contribution in [3.63, 3.8) is 0 Å². The molecule has 1 heterocycles. The Morgan fingerprint density at radius 2 is 1.68 bits per heavy atom. The van der Waals surface area contributed by atoms with E-state index in [0.717, 1.165) is 41.4 Å². The average Bonchev–Trinajstić information content (AvgIpc) is 3.14. The second-order valence-electron chi connectivity index (χ2n) is 6.97. The molecular formula is C24H30N2OS. The van der Waals surface area contributed by atoms with Gasteiger partial charge in [-0.3, -0.25) is 0 Å². The third-order valence-corrected chi connectivity index (χ3v) is 5.58. The van der Waals surface area contributed by atoms with Crippen molar-refractivity contribution in [3.05, 3.63) is 59.1 Å². The fraction of sp³-hybridized carbons (Fsp3) is 0.375. The van der Waals surface area contributed by atoms with Crippen LogP contribution in [0.25, 0.3) is 22.4 Å². The molecule has 0 N–H and O–H groups in total. The van der Waals surface area contributed by atoms with E-state index in [1.54, 1.807) is 11.3 Å². The lowest BCUT2D eigenvalue weighted by Crippen LogP contribution is -2.27. The predicted octanol–water partition coefficient (Wildman–Crippen LogP) is 6.36. The molecule has 0 saturated heterocycles. The van der Waals surface area contributed by atoms with Crippen LogP contribution in [0.15, 0.2) is 48.5 Å². The van der Waals surface area contributed by atoms with E-state index in [9.17, 15) is 0 Å². The molecule has 0 aliphatic rings. The maximum absolute atomic E-state index is 5.91. The summed E-state index contributed by atoms with van der Waals surface area (Å²) < 4.78 is 7.13. The zero-order valence-electron chi connectivity index (χ0n) is 16.9. The summed E-state index contributed by atoms with van der Waals surface area (Å²) in [6.45, 7) is 8.74. The van der Waals surface area contributed by atoms with Crippen LogP contribution in [0.2, 0.25) is 0 Å². The van der Waals surface area contributed by atoms with Gasteiger partial charge in [0, 0.05) is 6.54 Å². The normalized spacial score (nSPS) is 11.7. The molecule has 0 saturated carbocycles. The standard InChI is InChI=1S/C24H30N2OS/c1-3-16-26(17-4-2)18-7-19-27-21-13-10-20(11-14-21)12-15-24-25-22-8-5-6-9-23(22)28-24/h5-6,8-15H,3-4,7,16-19H2,1-2H3/b15-12+. The van der Waals surface area contributed by atoms with Gasteiger partial charge in [-0.1, -0.05) is 44.2 Å². The Morgan fingerprint density at radius 1 is 0.929 bits per heavy atom. The van der Waals surface area contributed by atoms with Crippen LogP contribution in [0, 0.1) is 0 Å². The number of rotatable bonds is 11. The van der Waals surface area contributed by atoms with Gasteiger partial charge < -0.3 is 9.64 Å². The first-order valence-electron chi connectivity index (χ1n) is 10.3. The van der Waals surface area contributed by atoms with Crippen LogP contribution in [0.3, 0.4) is 0 Å². The molecule has 3 nitrogen and oxygen atoms in total. The molecular weight excluding hydrogens is 364 g/mol. The minimum atomic E-state index is 0.769. The maximum Gasteiger partial charge on any atom is 0.119 e. The van der Waals surface area contributed by atoms with Gasteiger partial charge in [0.1, 0.15) is 10.8 Å².